The molecule has 0 saturated heterocycles. The summed E-state index contributed by atoms with van der Waals surface area (Å²) >= 11 is 0. The van der Waals surface area contributed by atoms with Crippen molar-refractivity contribution in [3.05, 3.63) is 25.5 Å². The van der Waals surface area contributed by atoms with Crippen LogP contribution in [-0.4, -0.2) is 19.2 Å². The first-order valence-electron chi connectivity index (χ1n) is 2.73. The van der Waals surface area contributed by atoms with Crippen LogP contribution in [0.25, 0.3) is 0 Å². The Hall–Kier alpha value is -1.09. The zero-order chi connectivity index (χ0) is 7.98. The van der Waals surface area contributed by atoms with Gasteiger partial charge in [-0.2, -0.15) is 0 Å². The summed E-state index contributed by atoms with van der Waals surface area (Å²) in [5.41, 5.74) is 0. The number of carbonyl (C=O) groups excluding carboxylic acids is 1. The molecule has 0 radical (unpaired) electrons. The molecule has 1 unspecified atom stereocenters. The van der Waals surface area contributed by atoms with Gasteiger partial charge in [-0.25, -0.2) is 4.79 Å². The molecule has 0 fully saturated rings. The predicted octanol–water partition coefficient (Wildman–Crippen LogP) is 0.874. The summed E-state index contributed by atoms with van der Waals surface area (Å²) in [5, 5.41) is 0. The first-order chi connectivity index (χ1) is 4.76. The molecule has 3 nitrogen and oxygen atoms in total. The Morgan fingerprint density at radius 1 is 1.60 bits per heavy atom. The van der Waals surface area contributed by atoms with E-state index in [4.69, 9.17) is 0 Å². The lowest BCUT2D eigenvalue weighted by Crippen LogP contribution is -2.20. The number of methoxy groups -OCH3 is 1. The number of ether oxygens (including phenoxy) is 2. The van der Waals surface area contributed by atoms with Crippen LogP contribution in [0.5, 0.6) is 0 Å². The van der Waals surface area contributed by atoms with Gasteiger partial charge in [0.2, 0.25) is 0 Å². The fraction of sp³-hybridized carbons (Fsp3) is 0.286. The van der Waals surface area contributed by atoms with Crippen LogP contribution in [0.1, 0.15) is 0 Å². The Balaban J connectivity index is 3.87. The zero-order valence-electron chi connectivity index (χ0n) is 5.87. The van der Waals surface area contributed by atoms with Gasteiger partial charge in [0, 0.05) is 7.11 Å². The Labute approximate surface area is 59.9 Å². The van der Waals surface area contributed by atoms with Gasteiger partial charge in [0.05, 0.1) is 6.26 Å². The SMILES string of the molecule is C=COC(=O)C(C=C)OC. The largest absolute Gasteiger partial charge is 0.433 e. The molecule has 10 heavy (non-hydrogen) atoms. The van der Waals surface area contributed by atoms with Gasteiger partial charge in [-0.15, -0.1) is 0 Å². The van der Waals surface area contributed by atoms with Gasteiger partial charge >= 0.3 is 5.97 Å². The molecular formula is C7H10O3. The van der Waals surface area contributed by atoms with Crippen LogP contribution in [0.2, 0.25) is 0 Å². The summed E-state index contributed by atoms with van der Waals surface area (Å²) in [5.74, 6) is -0.507. The average Bonchev–Trinajstić information content (AvgIpc) is 1.91. The summed E-state index contributed by atoms with van der Waals surface area (Å²) < 4.78 is 9.09. The van der Waals surface area contributed by atoms with Crippen molar-refractivity contribution in [2.75, 3.05) is 7.11 Å². The first-order valence-corrected chi connectivity index (χ1v) is 2.73. The Morgan fingerprint density at radius 3 is 2.50 bits per heavy atom. The van der Waals surface area contributed by atoms with Gasteiger partial charge in [0.25, 0.3) is 0 Å². The van der Waals surface area contributed by atoms with Crippen molar-refractivity contribution in [1.29, 1.82) is 0 Å². The molecule has 0 aromatic heterocycles. The molecule has 1 atom stereocenters. The van der Waals surface area contributed by atoms with Crippen molar-refractivity contribution in [2.45, 2.75) is 6.10 Å². The molecule has 0 N–H and O–H groups in total. The van der Waals surface area contributed by atoms with E-state index < -0.39 is 12.1 Å². The Morgan fingerprint density at radius 2 is 2.20 bits per heavy atom. The second-order valence-corrected chi connectivity index (χ2v) is 1.50. The summed E-state index contributed by atoms with van der Waals surface area (Å²) in [4.78, 5) is 10.7. The van der Waals surface area contributed by atoms with Crippen molar-refractivity contribution >= 4 is 5.97 Å². The molecule has 0 spiro atoms. The van der Waals surface area contributed by atoms with Gasteiger partial charge in [0.15, 0.2) is 6.10 Å². The predicted molar refractivity (Wildman–Crippen MR) is 37.3 cm³/mol. The standard InChI is InChI=1S/C7H10O3/c1-4-6(9-3)7(8)10-5-2/h4-6H,1-2H2,3H3. The van der Waals surface area contributed by atoms with E-state index in [-0.39, 0.29) is 0 Å². The van der Waals surface area contributed by atoms with Gasteiger partial charge in [-0.3, -0.25) is 0 Å². The third-order valence-electron chi connectivity index (χ3n) is 0.900. The number of hydrogen-bond donors (Lipinski definition) is 0. The minimum Gasteiger partial charge on any atom is -0.433 e. The van der Waals surface area contributed by atoms with E-state index in [1.54, 1.807) is 0 Å². The topological polar surface area (TPSA) is 35.5 Å². The smallest absolute Gasteiger partial charge is 0.344 e. The van der Waals surface area contributed by atoms with Crippen LogP contribution in [0, 0.1) is 0 Å². The lowest BCUT2D eigenvalue weighted by Gasteiger charge is -2.05. The van der Waals surface area contributed by atoms with E-state index >= 15 is 0 Å². The van der Waals surface area contributed by atoms with Gasteiger partial charge < -0.3 is 9.47 Å². The Bertz CT molecular complexity index is 140. The zero-order valence-corrected chi connectivity index (χ0v) is 5.87. The monoisotopic (exact) mass is 142 g/mol. The maximum absolute atomic E-state index is 10.7. The summed E-state index contributed by atoms with van der Waals surface area (Å²) in [6, 6.07) is 0. The summed E-state index contributed by atoms with van der Waals surface area (Å²) in [7, 11) is 1.40. The van der Waals surface area contributed by atoms with Crippen LogP contribution < -0.4 is 0 Å². The highest BCUT2D eigenvalue weighted by Gasteiger charge is 2.13. The third kappa shape index (κ3) is 2.46. The first kappa shape index (κ1) is 8.91. The minimum absolute atomic E-state index is 0.507. The molecule has 56 valence electrons. The van der Waals surface area contributed by atoms with Crippen molar-refractivity contribution in [2.24, 2.45) is 0 Å². The number of esters is 1. The Kier molecular flexibility index (Phi) is 4.24. The highest BCUT2D eigenvalue weighted by molar-refractivity contribution is 5.77. The van der Waals surface area contributed by atoms with E-state index in [1.807, 2.05) is 0 Å². The number of hydrogen-bond acceptors (Lipinski definition) is 3. The quantitative estimate of drug-likeness (QED) is 0.332. The normalized spacial score (nSPS) is 11.7. The molecule has 0 rings (SSSR count). The third-order valence-corrected chi connectivity index (χ3v) is 0.900. The van der Waals surface area contributed by atoms with Crippen molar-refractivity contribution in [3.8, 4) is 0 Å². The minimum atomic E-state index is -0.696. The molecule has 0 bridgehead atoms. The molecule has 0 heterocycles. The number of carbonyl (C=O) groups is 1. The fourth-order valence-corrected chi connectivity index (χ4v) is 0.438. The second-order valence-electron chi connectivity index (χ2n) is 1.50. The average molecular weight is 142 g/mol. The molecule has 0 saturated carbocycles. The lowest BCUT2D eigenvalue weighted by molar-refractivity contribution is -0.146. The van der Waals surface area contributed by atoms with Crippen LogP contribution in [0.15, 0.2) is 25.5 Å². The van der Waals surface area contributed by atoms with Crippen LogP contribution >= 0.6 is 0 Å². The lowest BCUT2D eigenvalue weighted by atomic mass is 10.3. The molecule has 3 heteroatoms. The molecule has 0 aromatic carbocycles. The second kappa shape index (κ2) is 4.76. The van der Waals surface area contributed by atoms with E-state index in [0.29, 0.717) is 0 Å². The molecule has 0 aromatic rings. The van der Waals surface area contributed by atoms with Gasteiger partial charge in [-0.1, -0.05) is 19.2 Å². The van der Waals surface area contributed by atoms with Crippen LogP contribution in [0.3, 0.4) is 0 Å². The highest BCUT2D eigenvalue weighted by atomic mass is 16.6. The number of rotatable bonds is 4. The molecule has 0 aliphatic heterocycles. The van der Waals surface area contributed by atoms with Crippen molar-refractivity contribution in [3.63, 3.8) is 0 Å². The van der Waals surface area contributed by atoms with Gasteiger partial charge in [0.1, 0.15) is 0 Å². The highest BCUT2D eigenvalue weighted by Crippen LogP contribution is 1.94. The van der Waals surface area contributed by atoms with Crippen LogP contribution in [0.4, 0.5) is 0 Å². The molecule has 0 amide bonds. The van der Waals surface area contributed by atoms with Gasteiger partial charge in [-0.05, 0) is 0 Å². The summed E-state index contributed by atoms with van der Waals surface area (Å²) in [6.45, 7) is 6.59. The maximum atomic E-state index is 10.7. The molecule has 0 aliphatic carbocycles. The van der Waals surface area contributed by atoms with E-state index in [0.717, 1.165) is 6.26 Å². The van der Waals surface area contributed by atoms with E-state index in [9.17, 15) is 4.79 Å². The summed E-state index contributed by atoms with van der Waals surface area (Å²) in [6.07, 6.45) is 1.71. The fourth-order valence-electron chi connectivity index (χ4n) is 0.438. The molecule has 0 aliphatic rings. The maximum Gasteiger partial charge on any atom is 0.344 e. The van der Waals surface area contributed by atoms with E-state index in [1.165, 1.54) is 13.2 Å². The van der Waals surface area contributed by atoms with Crippen molar-refractivity contribution in [1.82, 2.24) is 0 Å². The van der Waals surface area contributed by atoms with E-state index in [2.05, 4.69) is 22.6 Å². The van der Waals surface area contributed by atoms with Crippen molar-refractivity contribution < 1.29 is 14.3 Å². The van der Waals surface area contributed by atoms with Crippen LogP contribution in [-0.2, 0) is 14.3 Å². The molecular weight excluding hydrogens is 132 g/mol.